The Labute approximate surface area is 108 Å². The lowest BCUT2D eigenvalue weighted by Crippen LogP contribution is -2.48. The molecule has 0 spiro atoms. The number of carbonyl (C=O) groups excluding carboxylic acids is 1. The molecule has 1 amide bonds. The van der Waals surface area contributed by atoms with Crippen LogP contribution in [0, 0.1) is 0 Å². The fourth-order valence-electron chi connectivity index (χ4n) is 2.40. The molecule has 0 aliphatic carbocycles. The number of hydrogen-bond donors (Lipinski definition) is 2. The Bertz CT molecular complexity index is 393. The maximum atomic E-state index is 11.9. The topological polar surface area (TPSA) is 58.4 Å². The predicted octanol–water partition coefficient (Wildman–Crippen LogP) is 1.44. The number of hydrogen-bond acceptors (Lipinski definition) is 3. The number of nitrogens with two attached hydrogens (primary N) is 1. The average Bonchev–Trinajstić information content (AvgIpc) is 2.34. The van der Waals surface area contributed by atoms with Crippen LogP contribution in [0.5, 0.6) is 0 Å². The Hall–Kier alpha value is -1.39. The summed E-state index contributed by atoms with van der Waals surface area (Å²) in [5.74, 6) is 0.0449. The van der Waals surface area contributed by atoms with Crippen LogP contribution in [0.3, 0.4) is 0 Å². The highest BCUT2D eigenvalue weighted by Crippen LogP contribution is 2.15. The van der Waals surface area contributed by atoms with Gasteiger partial charge in [0.25, 0.3) is 0 Å². The van der Waals surface area contributed by atoms with Gasteiger partial charge in [0.05, 0.1) is 6.54 Å². The van der Waals surface area contributed by atoms with Crippen molar-refractivity contribution in [2.24, 2.45) is 5.73 Å². The van der Waals surface area contributed by atoms with Gasteiger partial charge in [-0.05, 0) is 31.9 Å². The van der Waals surface area contributed by atoms with Gasteiger partial charge < -0.3 is 11.1 Å². The van der Waals surface area contributed by atoms with E-state index in [9.17, 15) is 4.79 Å². The van der Waals surface area contributed by atoms with Gasteiger partial charge in [-0.1, -0.05) is 18.2 Å². The molecule has 1 aromatic carbocycles. The van der Waals surface area contributed by atoms with Crippen molar-refractivity contribution in [1.82, 2.24) is 4.90 Å². The van der Waals surface area contributed by atoms with Gasteiger partial charge in [0.1, 0.15) is 0 Å². The molecule has 18 heavy (non-hydrogen) atoms. The molecule has 1 aromatic rings. The summed E-state index contributed by atoms with van der Waals surface area (Å²) in [7, 11) is 0. The molecule has 2 unspecified atom stereocenters. The van der Waals surface area contributed by atoms with Crippen molar-refractivity contribution in [1.29, 1.82) is 0 Å². The monoisotopic (exact) mass is 247 g/mol. The zero-order chi connectivity index (χ0) is 13.0. The fraction of sp³-hybridized carbons (Fsp3) is 0.500. The fourth-order valence-corrected chi connectivity index (χ4v) is 2.40. The van der Waals surface area contributed by atoms with Crippen molar-refractivity contribution in [2.45, 2.75) is 31.8 Å². The first kappa shape index (κ1) is 13.1. The van der Waals surface area contributed by atoms with Crippen LogP contribution in [0.1, 0.15) is 19.8 Å². The normalized spacial score (nSPS) is 24.8. The number of piperidine rings is 1. The van der Waals surface area contributed by atoms with E-state index in [4.69, 9.17) is 5.73 Å². The molecule has 4 nitrogen and oxygen atoms in total. The van der Waals surface area contributed by atoms with Crippen LogP contribution >= 0.6 is 0 Å². The quantitative estimate of drug-likeness (QED) is 0.849. The van der Waals surface area contributed by atoms with E-state index in [1.165, 1.54) is 0 Å². The molecule has 1 aliphatic rings. The van der Waals surface area contributed by atoms with Gasteiger partial charge in [-0.2, -0.15) is 0 Å². The molecule has 3 N–H and O–H groups in total. The molecule has 1 fully saturated rings. The van der Waals surface area contributed by atoms with Crippen molar-refractivity contribution in [2.75, 3.05) is 18.4 Å². The Kier molecular flexibility index (Phi) is 4.33. The maximum Gasteiger partial charge on any atom is 0.238 e. The summed E-state index contributed by atoms with van der Waals surface area (Å²) in [6, 6.07) is 10.2. The van der Waals surface area contributed by atoms with Crippen molar-refractivity contribution in [3.63, 3.8) is 0 Å². The van der Waals surface area contributed by atoms with Gasteiger partial charge >= 0.3 is 0 Å². The van der Waals surface area contributed by atoms with Crippen LogP contribution in [-0.2, 0) is 4.79 Å². The van der Waals surface area contributed by atoms with E-state index >= 15 is 0 Å². The van der Waals surface area contributed by atoms with E-state index in [1.54, 1.807) is 0 Å². The number of amides is 1. The molecule has 1 heterocycles. The molecule has 1 saturated heterocycles. The van der Waals surface area contributed by atoms with E-state index in [0.717, 1.165) is 25.1 Å². The van der Waals surface area contributed by atoms with Gasteiger partial charge in [-0.15, -0.1) is 0 Å². The van der Waals surface area contributed by atoms with E-state index in [2.05, 4.69) is 17.1 Å². The summed E-state index contributed by atoms with van der Waals surface area (Å²) >= 11 is 0. The van der Waals surface area contributed by atoms with Crippen LogP contribution in [0.2, 0.25) is 0 Å². The van der Waals surface area contributed by atoms with Crippen LogP contribution in [0.4, 0.5) is 5.69 Å². The summed E-state index contributed by atoms with van der Waals surface area (Å²) in [5.41, 5.74) is 6.77. The summed E-state index contributed by atoms with van der Waals surface area (Å²) in [6.45, 7) is 3.49. The predicted molar refractivity (Wildman–Crippen MR) is 73.3 cm³/mol. The number of para-hydroxylation sites is 1. The van der Waals surface area contributed by atoms with E-state index < -0.39 is 0 Å². The minimum absolute atomic E-state index is 0.0449. The zero-order valence-electron chi connectivity index (χ0n) is 10.8. The molecule has 2 atom stereocenters. The number of anilines is 1. The Morgan fingerprint density at radius 3 is 2.83 bits per heavy atom. The number of benzene rings is 1. The standard InChI is InChI=1S/C14H21N3O/c1-11-9-12(15)7-8-17(11)10-14(18)16-13-5-3-2-4-6-13/h2-6,11-12H,7-10,15H2,1H3,(H,16,18). The highest BCUT2D eigenvalue weighted by atomic mass is 16.2. The van der Waals surface area contributed by atoms with Gasteiger partial charge in [-0.3, -0.25) is 9.69 Å². The number of rotatable bonds is 3. The largest absolute Gasteiger partial charge is 0.328 e. The molecule has 4 heteroatoms. The van der Waals surface area contributed by atoms with Gasteiger partial charge in [0.15, 0.2) is 0 Å². The lowest BCUT2D eigenvalue weighted by atomic mass is 9.99. The van der Waals surface area contributed by atoms with Crippen molar-refractivity contribution in [3.05, 3.63) is 30.3 Å². The number of nitrogens with one attached hydrogen (secondary N) is 1. The van der Waals surface area contributed by atoms with E-state index in [-0.39, 0.29) is 11.9 Å². The first-order valence-electron chi connectivity index (χ1n) is 6.49. The zero-order valence-corrected chi connectivity index (χ0v) is 10.8. The second-order valence-corrected chi connectivity index (χ2v) is 5.02. The maximum absolute atomic E-state index is 11.9. The third kappa shape index (κ3) is 3.55. The number of nitrogens with zero attached hydrogens (tertiary/aromatic N) is 1. The number of carbonyl (C=O) groups is 1. The molecule has 1 aliphatic heterocycles. The molecule has 0 aromatic heterocycles. The van der Waals surface area contributed by atoms with Crippen LogP contribution in [0.25, 0.3) is 0 Å². The number of likely N-dealkylation sites (tertiary alicyclic amines) is 1. The second-order valence-electron chi connectivity index (χ2n) is 5.02. The molecule has 98 valence electrons. The lowest BCUT2D eigenvalue weighted by molar-refractivity contribution is -0.118. The van der Waals surface area contributed by atoms with Crippen LogP contribution in [-0.4, -0.2) is 36.0 Å². The summed E-state index contributed by atoms with van der Waals surface area (Å²) < 4.78 is 0. The lowest BCUT2D eigenvalue weighted by Gasteiger charge is -2.35. The first-order valence-corrected chi connectivity index (χ1v) is 6.49. The summed E-state index contributed by atoms with van der Waals surface area (Å²) in [6.07, 6.45) is 1.95. The smallest absolute Gasteiger partial charge is 0.238 e. The summed E-state index contributed by atoms with van der Waals surface area (Å²) in [4.78, 5) is 14.1. The Balaban J connectivity index is 1.84. The molecule has 0 radical (unpaired) electrons. The molecule has 0 saturated carbocycles. The van der Waals surface area contributed by atoms with Crippen LogP contribution < -0.4 is 11.1 Å². The van der Waals surface area contributed by atoms with Crippen molar-refractivity contribution < 1.29 is 4.79 Å². The van der Waals surface area contributed by atoms with E-state index in [0.29, 0.717) is 12.6 Å². The SMILES string of the molecule is CC1CC(N)CCN1CC(=O)Nc1ccccc1. The van der Waals surface area contributed by atoms with E-state index in [1.807, 2.05) is 30.3 Å². The molecule has 2 rings (SSSR count). The molecular formula is C14H21N3O. The highest BCUT2D eigenvalue weighted by Gasteiger charge is 2.24. The van der Waals surface area contributed by atoms with Gasteiger partial charge in [0.2, 0.25) is 5.91 Å². The Morgan fingerprint density at radius 1 is 1.44 bits per heavy atom. The average molecular weight is 247 g/mol. The van der Waals surface area contributed by atoms with Gasteiger partial charge in [-0.25, -0.2) is 0 Å². The minimum atomic E-state index is 0.0449. The molecule has 0 bridgehead atoms. The van der Waals surface area contributed by atoms with Crippen molar-refractivity contribution >= 4 is 11.6 Å². The third-order valence-electron chi connectivity index (χ3n) is 3.46. The molecular weight excluding hydrogens is 226 g/mol. The minimum Gasteiger partial charge on any atom is -0.328 e. The second kappa shape index (κ2) is 5.98. The first-order chi connectivity index (χ1) is 8.65. The van der Waals surface area contributed by atoms with Crippen LogP contribution in [0.15, 0.2) is 30.3 Å². The summed E-state index contributed by atoms with van der Waals surface area (Å²) in [5, 5.41) is 2.91. The highest BCUT2D eigenvalue weighted by molar-refractivity contribution is 5.92. The Morgan fingerprint density at radius 2 is 2.17 bits per heavy atom. The van der Waals surface area contributed by atoms with Crippen molar-refractivity contribution in [3.8, 4) is 0 Å². The third-order valence-corrected chi connectivity index (χ3v) is 3.46. The van der Waals surface area contributed by atoms with Gasteiger partial charge in [0, 0.05) is 24.3 Å².